The lowest BCUT2D eigenvalue weighted by Crippen LogP contribution is -1.80. The van der Waals surface area contributed by atoms with Crippen LogP contribution in [0.5, 0.6) is 0 Å². The molecule has 0 aromatic heterocycles. The first-order valence-electron chi connectivity index (χ1n) is 4.48. The molecule has 1 radical (unpaired) electrons. The fourth-order valence-electron chi connectivity index (χ4n) is 1.36. The summed E-state index contributed by atoms with van der Waals surface area (Å²) in [5.74, 6) is 0. The van der Waals surface area contributed by atoms with Crippen molar-refractivity contribution in [2.45, 2.75) is 0 Å². The molecule has 71 valence electrons. The topological polar surface area (TPSA) is 23.8 Å². The predicted octanol–water partition coefficient (Wildman–Crippen LogP) is 3.68. The lowest BCUT2D eigenvalue weighted by Gasteiger charge is -2.03. The number of rotatable bonds is 1. The Hall–Kier alpha value is -1.78. The summed E-state index contributed by atoms with van der Waals surface area (Å²) >= 11 is 6.01. The lowest BCUT2D eigenvalue weighted by molar-refractivity contribution is 1.48. The number of halogens is 1. The Kier molecular flexibility index (Phi) is 2.71. The van der Waals surface area contributed by atoms with Gasteiger partial charge in [0.25, 0.3) is 0 Å². The van der Waals surface area contributed by atoms with Gasteiger partial charge in [-0.1, -0.05) is 41.9 Å². The molecule has 0 unspecified atom stereocenters. The second-order valence-corrected chi connectivity index (χ2v) is 3.46. The third-order valence-corrected chi connectivity index (χ3v) is 2.44. The molecule has 0 atom stereocenters. The molecule has 1 nitrogen and oxygen atoms in total. The number of nitriles is 1. The minimum Gasteiger partial charge on any atom is -0.192 e. The van der Waals surface area contributed by atoms with E-state index in [9.17, 15) is 0 Å². The Bertz CT molecular complexity index is 509. The Morgan fingerprint density at radius 3 is 2.47 bits per heavy atom. The van der Waals surface area contributed by atoms with Crippen LogP contribution in [0.15, 0.2) is 42.5 Å². The quantitative estimate of drug-likeness (QED) is 0.708. The molecule has 0 aliphatic heterocycles. The van der Waals surface area contributed by atoms with Crippen LogP contribution in [-0.2, 0) is 0 Å². The first-order valence-corrected chi connectivity index (χ1v) is 4.86. The van der Waals surface area contributed by atoms with Crippen molar-refractivity contribution < 1.29 is 0 Å². The van der Waals surface area contributed by atoms with E-state index in [4.69, 9.17) is 16.9 Å². The molecule has 2 heteroatoms. The van der Waals surface area contributed by atoms with Crippen molar-refractivity contribution in [1.82, 2.24) is 0 Å². The molecule has 0 N–H and O–H groups in total. The van der Waals surface area contributed by atoms with Gasteiger partial charge in [0.15, 0.2) is 0 Å². The minimum atomic E-state index is 0.599. The minimum absolute atomic E-state index is 0.599. The highest BCUT2D eigenvalue weighted by atomic mass is 35.5. The van der Waals surface area contributed by atoms with E-state index in [0.717, 1.165) is 11.1 Å². The second-order valence-electron chi connectivity index (χ2n) is 3.09. The molecule has 0 aliphatic carbocycles. The Labute approximate surface area is 93.5 Å². The predicted molar refractivity (Wildman–Crippen MR) is 60.4 cm³/mol. The molecule has 0 spiro atoms. The maximum atomic E-state index is 8.67. The Morgan fingerprint density at radius 1 is 1.13 bits per heavy atom. The maximum Gasteiger partial charge on any atom is 0.0991 e. The van der Waals surface area contributed by atoms with Crippen molar-refractivity contribution in [3.05, 3.63) is 59.1 Å². The van der Waals surface area contributed by atoms with Crippen LogP contribution in [0.2, 0.25) is 5.02 Å². The fraction of sp³-hybridized carbons (Fsp3) is 0. The van der Waals surface area contributed by atoms with Gasteiger partial charge in [0, 0.05) is 11.6 Å². The third kappa shape index (κ3) is 2.01. The van der Waals surface area contributed by atoms with Gasteiger partial charge in [-0.25, -0.2) is 0 Å². The molecule has 0 aliphatic rings. The molecule has 0 heterocycles. The summed E-state index contributed by atoms with van der Waals surface area (Å²) in [5.41, 5.74) is 2.58. The summed E-state index contributed by atoms with van der Waals surface area (Å²) < 4.78 is 0. The molecule has 0 bridgehead atoms. The Morgan fingerprint density at radius 2 is 1.87 bits per heavy atom. The van der Waals surface area contributed by atoms with Crippen molar-refractivity contribution in [2.24, 2.45) is 0 Å². The van der Waals surface area contributed by atoms with E-state index in [1.807, 2.05) is 24.3 Å². The van der Waals surface area contributed by atoms with Gasteiger partial charge >= 0.3 is 0 Å². The van der Waals surface area contributed by atoms with Crippen LogP contribution in [0.1, 0.15) is 5.56 Å². The average molecular weight is 213 g/mol. The van der Waals surface area contributed by atoms with Gasteiger partial charge in [-0.05, 0) is 17.7 Å². The van der Waals surface area contributed by atoms with E-state index in [2.05, 4.69) is 12.1 Å². The smallest absolute Gasteiger partial charge is 0.0991 e. The monoisotopic (exact) mass is 212 g/mol. The van der Waals surface area contributed by atoms with Gasteiger partial charge in [0.2, 0.25) is 0 Å². The highest BCUT2D eigenvalue weighted by molar-refractivity contribution is 6.33. The molecular weight excluding hydrogens is 206 g/mol. The number of nitrogens with zero attached hydrogens (tertiary/aromatic N) is 1. The van der Waals surface area contributed by atoms with Crippen LogP contribution in [0.25, 0.3) is 11.1 Å². The molecule has 15 heavy (non-hydrogen) atoms. The van der Waals surface area contributed by atoms with E-state index in [-0.39, 0.29) is 0 Å². The standard InChI is InChI=1S/C13H7ClN/c14-13-4-2-1-3-12(13)11-7-5-10(9-15)6-8-11/h1-3,5-8H. The fourth-order valence-corrected chi connectivity index (χ4v) is 1.60. The third-order valence-electron chi connectivity index (χ3n) is 2.13. The van der Waals surface area contributed by atoms with Crippen molar-refractivity contribution in [3.63, 3.8) is 0 Å². The van der Waals surface area contributed by atoms with Crippen LogP contribution >= 0.6 is 11.6 Å². The van der Waals surface area contributed by atoms with Crippen LogP contribution in [0.3, 0.4) is 0 Å². The van der Waals surface area contributed by atoms with Gasteiger partial charge in [-0.15, -0.1) is 0 Å². The van der Waals surface area contributed by atoms with E-state index < -0.39 is 0 Å². The molecule has 0 saturated carbocycles. The average Bonchev–Trinajstić information content (AvgIpc) is 2.30. The summed E-state index contributed by atoms with van der Waals surface area (Å²) in [4.78, 5) is 0. The zero-order chi connectivity index (χ0) is 10.7. The summed E-state index contributed by atoms with van der Waals surface area (Å²) in [6.07, 6.45) is 0. The summed E-state index contributed by atoms with van der Waals surface area (Å²) in [6, 6.07) is 17.9. The van der Waals surface area contributed by atoms with Crippen LogP contribution < -0.4 is 0 Å². The van der Waals surface area contributed by atoms with E-state index in [0.29, 0.717) is 10.6 Å². The molecule has 2 aromatic rings. The van der Waals surface area contributed by atoms with Crippen LogP contribution in [-0.4, -0.2) is 0 Å². The van der Waals surface area contributed by atoms with Gasteiger partial charge in [-0.2, -0.15) is 5.26 Å². The second kappa shape index (κ2) is 4.16. The summed E-state index contributed by atoms with van der Waals surface area (Å²) in [7, 11) is 0. The van der Waals surface area contributed by atoms with Gasteiger partial charge < -0.3 is 0 Å². The first-order chi connectivity index (χ1) is 7.31. The number of benzene rings is 2. The Balaban J connectivity index is 2.47. The van der Waals surface area contributed by atoms with Crippen LogP contribution in [0, 0.1) is 17.4 Å². The van der Waals surface area contributed by atoms with Gasteiger partial charge in [0.05, 0.1) is 16.7 Å². The van der Waals surface area contributed by atoms with Crippen molar-refractivity contribution in [1.29, 1.82) is 5.26 Å². The van der Waals surface area contributed by atoms with Gasteiger partial charge in [0.1, 0.15) is 0 Å². The van der Waals surface area contributed by atoms with Crippen LogP contribution in [0.4, 0.5) is 0 Å². The van der Waals surface area contributed by atoms with E-state index in [1.165, 1.54) is 0 Å². The van der Waals surface area contributed by atoms with Crippen molar-refractivity contribution in [2.75, 3.05) is 0 Å². The van der Waals surface area contributed by atoms with Crippen molar-refractivity contribution in [3.8, 4) is 17.2 Å². The number of hydrogen-bond donors (Lipinski definition) is 0. The van der Waals surface area contributed by atoms with E-state index in [1.54, 1.807) is 18.2 Å². The molecular formula is C13H7ClN. The van der Waals surface area contributed by atoms with Crippen molar-refractivity contribution >= 4 is 11.6 Å². The maximum absolute atomic E-state index is 8.67. The molecule has 0 saturated heterocycles. The highest BCUT2D eigenvalue weighted by Crippen LogP contribution is 2.26. The molecule has 2 rings (SSSR count). The lowest BCUT2D eigenvalue weighted by atomic mass is 10.0. The highest BCUT2D eigenvalue weighted by Gasteiger charge is 2.01. The SMILES string of the molecule is N#Cc1ccc(-c2ccc[c]c2Cl)cc1. The molecule has 0 fully saturated rings. The summed E-state index contributed by atoms with van der Waals surface area (Å²) in [6.45, 7) is 0. The normalized spacial score (nSPS) is 9.60. The number of hydrogen-bond acceptors (Lipinski definition) is 1. The first kappa shape index (κ1) is 9.76. The zero-order valence-electron chi connectivity index (χ0n) is 7.87. The summed E-state index contributed by atoms with van der Waals surface area (Å²) in [5, 5.41) is 9.27. The molecule has 0 amide bonds. The molecule has 2 aromatic carbocycles. The van der Waals surface area contributed by atoms with Gasteiger partial charge in [-0.3, -0.25) is 0 Å². The zero-order valence-corrected chi connectivity index (χ0v) is 8.62. The van der Waals surface area contributed by atoms with E-state index >= 15 is 0 Å². The largest absolute Gasteiger partial charge is 0.192 e.